The highest BCUT2D eigenvalue weighted by atomic mass is 127. The normalized spacial score (nSPS) is 23.9. The van der Waals surface area contributed by atoms with E-state index in [9.17, 15) is 0 Å². The Bertz CT molecular complexity index is 439. The van der Waals surface area contributed by atoms with Crippen molar-refractivity contribution in [2.75, 3.05) is 52.6 Å². The minimum absolute atomic E-state index is 0. The van der Waals surface area contributed by atoms with Crippen LogP contribution in [0, 0.1) is 5.92 Å². The molecule has 2 saturated heterocycles. The first-order valence-corrected chi connectivity index (χ1v) is 10.8. The van der Waals surface area contributed by atoms with Crippen LogP contribution in [0.25, 0.3) is 0 Å². The SMILES string of the molecule is CN=C(NCC(C)(C)N1CCC(OC)CC1)N1CCSC(C(C)C)C1.I. The Balaban J connectivity index is 0.00000338. The fraction of sp³-hybridized carbons (Fsp3) is 0.947. The van der Waals surface area contributed by atoms with Gasteiger partial charge in [0.2, 0.25) is 0 Å². The van der Waals surface area contributed by atoms with Crippen LogP contribution in [0.5, 0.6) is 0 Å². The molecule has 2 aliphatic heterocycles. The third kappa shape index (κ3) is 6.71. The topological polar surface area (TPSA) is 40.1 Å². The molecule has 2 aliphatic rings. The predicted octanol–water partition coefficient (Wildman–Crippen LogP) is 3.14. The van der Waals surface area contributed by atoms with E-state index in [0.29, 0.717) is 17.3 Å². The monoisotopic (exact) mass is 498 g/mol. The number of nitrogens with zero attached hydrogens (tertiary/aromatic N) is 3. The summed E-state index contributed by atoms with van der Waals surface area (Å²) >= 11 is 2.11. The van der Waals surface area contributed by atoms with Gasteiger partial charge in [-0.2, -0.15) is 11.8 Å². The zero-order chi connectivity index (χ0) is 18.4. The van der Waals surface area contributed by atoms with Crippen molar-refractivity contribution in [2.24, 2.45) is 10.9 Å². The van der Waals surface area contributed by atoms with Crippen LogP contribution in [-0.2, 0) is 4.74 Å². The average Bonchev–Trinajstić information content (AvgIpc) is 2.62. The minimum Gasteiger partial charge on any atom is -0.381 e. The number of guanidine groups is 1. The molecule has 1 atom stereocenters. The van der Waals surface area contributed by atoms with E-state index in [1.54, 1.807) is 0 Å². The average molecular weight is 499 g/mol. The molecule has 0 aromatic carbocycles. The first kappa shape index (κ1) is 24.3. The molecule has 2 heterocycles. The number of aliphatic imine (C=N–C) groups is 1. The first-order valence-electron chi connectivity index (χ1n) is 9.72. The number of hydrogen-bond acceptors (Lipinski definition) is 4. The van der Waals surface area contributed by atoms with Gasteiger partial charge in [0.15, 0.2) is 5.96 Å². The van der Waals surface area contributed by atoms with Crippen molar-refractivity contribution < 1.29 is 4.74 Å². The Morgan fingerprint density at radius 2 is 1.92 bits per heavy atom. The van der Waals surface area contributed by atoms with E-state index < -0.39 is 0 Å². The maximum atomic E-state index is 5.51. The third-order valence-electron chi connectivity index (χ3n) is 5.66. The summed E-state index contributed by atoms with van der Waals surface area (Å²) in [4.78, 5) is 9.59. The Morgan fingerprint density at radius 3 is 2.46 bits per heavy atom. The molecule has 2 fully saturated rings. The molecule has 0 aromatic rings. The smallest absolute Gasteiger partial charge is 0.193 e. The lowest BCUT2D eigenvalue weighted by Crippen LogP contribution is -2.57. The highest BCUT2D eigenvalue weighted by Crippen LogP contribution is 2.25. The van der Waals surface area contributed by atoms with Crippen LogP contribution in [-0.4, -0.2) is 85.3 Å². The first-order chi connectivity index (χ1) is 11.9. The molecular formula is C19H39IN4OS. The third-order valence-corrected chi connectivity index (χ3v) is 7.20. The molecule has 0 bridgehead atoms. The van der Waals surface area contributed by atoms with Gasteiger partial charge in [0, 0.05) is 63.4 Å². The predicted molar refractivity (Wildman–Crippen MR) is 125 cm³/mol. The summed E-state index contributed by atoms with van der Waals surface area (Å²) < 4.78 is 5.51. The maximum absolute atomic E-state index is 5.51. The second kappa shape index (κ2) is 11.3. The molecular weight excluding hydrogens is 459 g/mol. The minimum atomic E-state index is 0. The summed E-state index contributed by atoms with van der Waals surface area (Å²) in [6.07, 6.45) is 2.70. The van der Waals surface area contributed by atoms with Gasteiger partial charge in [-0.05, 0) is 32.6 Å². The van der Waals surface area contributed by atoms with Crippen LogP contribution in [0.1, 0.15) is 40.5 Å². The van der Waals surface area contributed by atoms with E-state index >= 15 is 0 Å². The van der Waals surface area contributed by atoms with Gasteiger partial charge >= 0.3 is 0 Å². The van der Waals surface area contributed by atoms with E-state index in [2.05, 4.69) is 59.6 Å². The van der Waals surface area contributed by atoms with Crippen molar-refractivity contribution in [3.63, 3.8) is 0 Å². The number of rotatable bonds is 5. The number of methoxy groups -OCH3 is 1. The van der Waals surface area contributed by atoms with Crippen molar-refractivity contribution >= 4 is 41.7 Å². The summed E-state index contributed by atoms with van der Waals surface area (Å²) in [6, 6.07) is 0. The van der Waals surface area contributed by atoms with Crippen molar-refractivity contribution in [1.82, 2.24) is 15.1 Å². The Labute approximate surface area is 182 Å². The van der Waals surface area contributed by atoms with Crippen LogP contribution < -0.4 is 5.32 Å². The summed E-state index contributed by atoms with van der Waals surface area (Å²) in [6.45, 7) is 14.7. The molecule has 0 spiro atoms. The van der Waals surface area contributed by atoms with Crippen LogP contribution >= 0.6 is 35.7 Å². The molecule has 0 aromatic heterocycles. The zero-order valence-electron chi connectivity index (χ0n) is 17.5. The van der Waals surface area contributed by atoms with Crippen LogP contribution in [0.2, 0.25) is 0 Å². The molecule has 0 amide bonds. The van der Waals surface area contributed by atoms with Crippen molar-refractivity contribution in [2.45, 2.75) is 57.4 Å². The number of nitrogens with one attached hydrogen (secondary N) is 1. The summed E-state index contributed by atoms with van der Waals surface area (Å²) in [5.74, 6) is 2.97. The molecule has 7 heteroatoms. The quantitative estimate of drug-likeness (QED) is 0.358. The van der Waals surface area contributed by atoms with Crippen LogP contribution in [0.4, 0.5) is 0 Å². The van der Waals surface area contributed by atoms with Gasteiger partial charge in [0.25, 0.3) is 0 Å². The zero-order valence-corrected chi connectivity index (χ0v) is 20.6. The molecule has 1 unspecified atom stereocenters. The molecule has 154 valence electrons. The lowest BCUT2D eigenvalue weighted by molar-refractivity contribution is 0.00765. The lowest BCUT2D eigenvalue weighted by Gasteiger charge is -2.43. The van der Waals surface area contributed by atoms with E-state index in [0.717, 1.165) is 51.5 Å². The number of hydrogen-bond donors (Lipinski definition) is 1. The second-order valence-electron chi connectivity index (χ2n) is 8.23. The van der Waals surface area contributed by atoms with Crippen LogP contribution in [0.15, 0.2) is 4.99 Å². The van der Waals surface area contributed by atoms with Gasteiger partial charge < -0.3 is 15.0 Å². The van der Waals surface area contributed by atoms with Gasteiger partial charge in [-0.25, -0.2) is 0 Å². The Morgan fingerprint density at radius 1 is 1.27 bits per heavy atom. The fourth-order valence-electron chi connectivity index (χ4n) is 3.71. The molecule has 0 radical (unpaired) electrons. The van der Waals surface area contributed by atoms with Gasteiger partial charge in [0.05, 0.1) is 6.10 Å². The van der Waals surface area contributed by atoms with Gasteiger partial charge in [-0.15, -0.1) is 24.0 Å². The Kier molecular flexibility index (Phi) is 10.6. The fourth-order valence-corrected chi connectivity index (χ4v) is 5.01. The van der Waals surface area contributed by atoms with Crippen LogP contribution in [0.3, 0.4) is 0 Å². The largest absolute Gasteiger partial charge is 0.381 e. The number of ether oxygens (including phenoxy) is 1. The van der Waals surface area contributed by atoms with E-state index in [-0.39, 0.29) is 29.5 Å². The molecule has 2 rings (SSSR count). The maximum Gasteiger partial charge on any atom is 0.193 e. The molecule has 26 heavy (non-hydrogen) atoms. The van der Waals surface area contributed by atoms with Crippen molar-refractivity contribution in [3.05, 3.63) is 0 Å². The summed E-state index contributed by atoms with van der Waals surface area (Å²) in [5.41, 5.74) is 0.122. The van der Waals surface area contributed by atoms with Crippen molar-refractivity contribution in [3.8, 4) is 0 Å². The number of halogens is 1. The van der Waals surface area contributed by atoms with E-state index in [1.165, 1.54) is 5.75 Å². The second-order valence-corrected chi connectivity index (χ2v) is 9.58. The highest BCUT2D eigenvalue weighted by molar-refractivity contribution is 14.0. The lowest BCUT2D eigenvalue weighted by atomic mass is 9.97. The highest BCUT2D eigenvalue weighted by Gasteiger charge is 2.32. The van der Waals surface area contributed by atoms with Gasteiger partial charge in [-0.3, -0.25) is 9.89 Å². The summed E-state index contributed by atoms with van der Waals surface area (Å²) in [7, 11) is 3.74. The van der Waals surface area contributed by atoms with E-state index in [1.807, 2.05) is 14.2 Å². The number of likely N-dealkylation sites (tertiary alicyclic amines) is 1. The van der Waals surface area contributed by atoms with E-state index in [4.69, 9.17) is 4.74 Å². The Hall–Kier alpha value is 0.270. The molecule has 5 nitrogen and oxygen atoms in total. The molecule has 1 N–H and O–H groups in total. The summed E-state index contributed by atoms with van der Waals surface area (Å²) in [5, 5.41) is 4.36. The number of piperidine rings is 1. The van der Waals surface area contributed by atoms with Gasteiger partial charge in [-0.1, -0.05) is 13.8 Å². The van der Waals surface area contributed by atoms with Crippen molar-refractivity contribution in [1.29, 1.82) is 0 Å². The molecule has 0 saturated carbocycles. The molecule has 0 aliphatic carbocycles. The number of thioether (sulfide) groups is 1. The standard InChI is InChI=1S/C19H38N4OS.HI/c1-15(2)17-13-22(11-12-25-17)18(20-5)21-14-19(3,4)23-9-7-16(24-6)8-10-23;/h15-17H,7-14H2,1-6H3,(H,20,21);1H. The van der Waals surface area contributed by atoms with Gasteiger partial charge in [0.1, 0.15) is 0 Å².